The van der Waals surface area contributed by atoms with Crippen molar-refractivity contribution in [2.24, 2.45) is 5.73 Å². The molecule has 0 fully saturated rings. The van der Waals surface area contributed by atoms with Crippen LogP contribution in [0.2, 0.25) is 0 Å². The predicted octanol–water partition coefficient (Wildman–Crippen LogP) is -0.0347. The summed E-state index contributed by atoms with van der Waals surface area (Å²) in [4.78, 5) is 0. The van der Waals surface area contributed by atoms with Crippen LogP contribution in [-0.2, 0) is 0 Å². The molecule has 5 heteroatoms. The van der Waals surface area contributed by atoms with Gasteiger partial charge in [0.1, 0.15) is 13.7 Å². The molecule has 0 aliphatic rings. The van der Waals surface area contributed by atoms with E-state index in [-0.39, 0.29) is 56.9 Å². The number of hydrogen-bond donors (Lipinski definition) is 1. The smallest absolute Gasteiger partial charge is 0.328 e. The van der Waals surface area contributed by atoms with Crippen LogP contribution in [-0.4, -0.2) is 13.9 Å². The third-order valence-corrected chi connectivity index (χ3v) is 2.38. The van der Waals surface area contributed by atoms with Gasteiger partial charge >= 0.3 is 51.4 Å². The van der Waals surface area contributed by atoms with Crippen LogP contribution in [0.3, 0.4) is 0 Å². The molecule has 2 aromatic rings. The minimum atomic E-state index is -0.646. The van der Waals surface area contributed by atoms with Gasteiger partial charge < -0.3 is 5.73 Å². The van der Waals surface area contributed by atoms with Gasteiger partial charge in [-0.05, 0) is 12.1 Å². The molecule has 0 saturated carbocycles. The van der Waals surface area contributed by atoms with Crippen LogP contribution >= 0.6 is 0 Å². The Balaban J connectivity index is 0.000000715. The van der Waals surface area contributed by atoms with Gasteiger partial charge in [-0.1, -0.05) is 55.2 Å². The number of benzene rings is 2. The number of halogens is 2. The zero-order chi connectivity index (χ0) is 15.3. The molecule has 0 heterocycles. The maximum absolute atomic E-state index is 13.3. The molecule has 2 radical (unpaired) electrons. The molecular formula is C16H17BF2KN. The third kappa shape index (κ3) is 7.09. The van der Waals surface area contributed by atoms with E-state index in [4.69, 9.17) is 13.6 Å². The Morgan fingerprint density at radius 2 is 1.57 bits per heavy atom. The van der Waals surface area contributed by atoms with Crippen molar-refractivity contribution in [3.63, 3.8) is 0 Å². The van der Waals surface area contributed by atoms with Gasteiger partial charge in [0.2, 0.25) is 0 Å². The van der Waals surface area contributed by atoms with Crippen LogP contribution in [0.15, 0.2) is 36.4 Å². The van der Waals surface area contributed by atoms with E-state index in [2.05, 4.69) is 6.92 Å². The first-order valence-electron chi connectivity index (χ1n) is 6.23. The van der Waals surface area contributed by atoms with Crippen LogP contribution in [0.25, 0.3) is 11.1 Å². The molecule has 2 N–H and O–H groups in total. The first-order valence-corrected chi connectivity index (χ1v) is 6.23. The first-order chi connectivity index (χ1) is 9.31. The zero-order valence-corrected chi connectivity index (χ0v) is 15.8. The van der Waals surface area contributed by atoms with E-state index in [1.165, 1.54) is 6.07 Å². The number of rotatable bonds is 1. The SMILES string of the molecule is CC(C)N.[B]c1ccc(-c2cc(F)cc(F)c2[CH2-])cc1.[K+]. The largest absolute Gasteiger partial charge is 1.00 e. The topological polar surface area (TPSA) is 26.0 Å². The van der Waals surface area contributed by atoms with Crippen molar-refractivity contribution in [2.45, 2.75) is 19.9 Å². The Morgan fingerprint density at radius 3 is 2.05 bits per heavy atom. The summed E-state index contributed by atoms with van der Waals surface area (Å²) in [6.07, 6.45) is 0. The monoisotopic (exact) mass is 311 g/mol. The second-order valence-corrected chi connectivity index (χ2v) is 4.78. The van der Waals surface area contributed by atoms with Gasteiger partial charge in [0.25, 0.3) is 0 Å². The van der Waals surface area contributed by atoms with Gasteiger partial charge in [-0.15, -0.1) is 5.56 Å². The standard InChI is InChI=1S/C13H8BF2.C3H9N.K/c1-8-12(6-11(15)7-13(8)16)9-2-4-10(14)5-3-9;1-3(2)4;/h2-7H,1H2;3H,4H2,1-2H3;/q-1;;+1. The zero-order valence-electron chi connectivity index (χ0n) is 12.7. The molecule has 0 bridgehead atoms. The molecule has 1 nitrogen and oxygen atoms in total. The summed E-state index contributed by atoms with van der Waals surface area (Å²) in [5.74, 6) is -1.26. The number of nitrogens with two attached hydrogens (primary N) is 1. The van der Waals surface area contributed by atoms with E-state index in [1.807, 2.05) is 13.8 Å². The van der Waals surface area contributed by atoms with Crippen LogP contribution < -0.4 is 62.6 Å². The summed E-state index contributed by atoms with van der Waals surface area (Å²) < 4.78 is 26.4. The Hall–Kier alpha value is -0.169. The van der Waals surface area contributed by atoms with E-state index in [0.717, 1.165) is 6.07 Å². The summed E-state index contributed by atoms with van der Waals surface area (Å²) in [5, 5.41) is 0. The maximum Gasteiger partial charge on any atom is 1.00 e. The van der Waals surface area contributed by atoms with E-state index in [1.54, 1.807) is 24.3 Å². The van der Waals surface area contributed by atoms with Gasteiger partial charge in [-0.3, -0.25) is 4.39 Å². The molecule has 0 saturated heterocycles. The van der Waals surface area contributed by atoms with Crippen molar-refractivity contribution in [3.05, 3.63) is 60.5 Å². The van der Waals surface area contributed by atoms with Crippen molar-refractivity contribution in [2.75, 3.05) is 0 Å². The predicted molar refractivity (Wildman–Crippen MR) is 81.0 cm³/mol. The normalized spacial score (nSPS) is 9.62. The van der Waals surface area contributed by atoms with Crippen molar-refractivity contribution in [1.82, 2.24) is 0 Å². The summed E-state index contributed by atoms with van der Waals surface area (Å²) in [5.41, 5.74) is 7.03. The average Bonchev–Trinajstić information content (AvgIpc) is 2.34. The van der Waals surface area contributed by atoms with Crippen molar-refractivity contribution >= 4 is 13.3 Å². The van der Waals surface area contributed by atoms with Gasteiger partial charge in [0.05, 0.1) is 0 Å². The molecule has 0 spiro atoms. The summed E-state index contributed by atoms with van der Waals surface area (Å²) in [7, 11) is 5.54. The van der Waals surface area contributed by atoms with Gasteiger partial charge in [-0.25, -0.2) is 4.39 Å². The second kappa shape index (κ2) is 9.77. The number of hydrogen-bond acceptors (Lipinski definition) is 1. The molecule has 0 aliphatic carbocycles. The van der Waals surface area contributed by atoms with E-state index >= 15 is 0 Å². The quantitative estimate of drug-likeness (QED) is 0.581. The summed E-state index contributed by atoms with van der Waals surface area (Å²) >= 11 is 0. The minimum Gasteiger partial charge on any atom is -0.328 e. The molecule has 0 aromatic heterocycles. The molecule has 0 unspecified atom stereocenters. The molecule has 21 heavy (non-hydrogen) atoms. The first kappa shape index (κ1) is 20.8. The fourth-order valence-electron chi connectivity index (χ4n) is 1.52. The Bertz CT molecular complexity index is 568. The molecule has 2 aromatic carbocycles. The third-order valence-electron chi connectivity index (χ3n) is 2.38. The van der Waals surface area contributed by atoms with Crippen LogP contribution in [0.5, 0.6) is 0 Å². The van der Waals surface area contributed by atoms with E-state index < -0.39 is 11.6 Å². The molecule has 0 aliphatic heterocycles. The fraction of sp³-hybridized carbons (Fsp3) is 0.188. The van der Waals surface area contributed by atoms with Gasteiger partial charge in [-0.2, -0.15) is 12.5 Å². The van der Waals surface area contributed by atoms with Crippen LogP contribution in [0.4, 0.5) is 8.78 Å². The molecule has 104 valence electrons. The summed E-state index contributed by atoms with van der Waals surface area (Å²) in [6, 6.07) is 9.19. The van der Waals surface area contributed by atoms with Crippen molar-refractivity contribution in [1.29, 1.82) is 0 Å². The Labute approximate surface area is 169 Å². The molecular weight excluding hydrogens is 294 g/mol. The fourth-order valence-corrected chi connectivity index (χ4v) is 1.52. The second-order valence-electron chi connectivity index (χ2n) is 4.78. The Kier molecular flexibility index (Phi) is 9.69. The minimum absolute atomic E-state index is 0. The van der Waals surface area contributed by atoms with Crippen LogP contribution in [0.1, 0.15) is 19.4 Å². The van der Waals surface area contributed by atoms with Gasteiger partial charge in [0.15, 0.2) is 0 Å². The molecule has 0 amide bonds. The van der Waals surface area contributed by atoms with Crippen LogP contribution in [0, 0.1) is 18.6 Å². The maximum atomic E-state index is 13.3. The Morgan fingerprint density at radius 1 is 1.10 bits per heavy atom. The van der Waals surface area contributed by atoms with E-state index in [0.29, 0.717) is 22.6 Å². The van der Waals surface area contributed by atoms with Crippen molar-refractivity contribution in [3.8, 4) is 11.1 Å². The molecule has 2 rings (SSSR count). The summed E-state index contributed by atoms with van der Waals surface area (Å²) in [6.45, 7) is 7.48. The molecule has 0 atom stereocenters. The van der Waals surface area contributed by atoms with E-state index in [9.17, 15) is 8.78 Å². The van der Waals surface area contributed by atoms with Crippen molar-refractivity contribution < 1.29 is 60.2 Å². The van der Waals surface area contributed by atoms with Gasteiger partial charge in [0, 0.05) is 5.82 Å². The average molecular weight is 311 g/mol.